The molecular formula is C15H17I. The summed E-state index contributed by atoms with van der Waals surface area (Å²) in [6.45, 7) is 4.17. The van der Waals surface area contributed by atoms with Gasteiger partial charge in [0.05, 0.1) is 0 Å². The Labute approximate surface area is 112 Å². The first kappa shape index (κ1) is 13.2. The SMILES string of the molecule is C/C=C\C=C/C/C(I)=C\c1ccccc1C. The van der Waals surface area contributed by atoms with Crippen molar-refractivity contribution in [1.82, 2.24) is 0 Å². The molecule has 0 saturated carbocycles. The lowest BCUT2D eigenvalue weighted by Gasteiger charge is -2.00. The molecule has 1 rings (SSSR count). The first-order chi connectivity index (χ1) is 7.74. The van der Waals surface area contributed by atoms with Crippen molar-refractivity contribution in [3.05, 3.63) is 63.3 Å². The van der Waals surface area contributed by atoms with Gasteiger partial charge in [0.25, 0.3) is 0 Å². The highest BCUT2D eigenvalue weighted by Gasteiger charge is 1.94. The maximum atomic E-state index is 2.40. The van der Waals surface area contributed by atoms with Gasteiger partial charge in [-0.25, -0.2) is 0 Å². The van der Waals surface area contributed by atoms with Crippen LogP contribution in [0.2, 0.25) is 0 Å². The molecule has 0 amide bonds. The summed E-state index contributed by atoms with van der Waals surface area (Å²) < 4.78 is 1.35. The molecule has 0 spiro atoms. The van der Waals surface area contributed by atoms with Crippen molar-refractivity contribution >= 4 is 28.7 Å². The molecule has 0 atom stereocenters. The van der Waals surface area contributed by atoms with Crippen molar-refractivity contribution in [2.45, 2.75) is 20.3 Å². The summed E-state index contributed by atoms with van der Waals surface area (Å²) in [5.41, 5.74) is 2.64. The normalized spacial score (nSPS) is 12.8. The molecule has 0 radical (unpaired) electrons. The fourth-order valence-electron chi connectivity index (χ4n) is 1.35. The Kier molecular flexibility index (Phi) is 6.16. The highest BCUT2D eigenvalue weighted by Crippen LogP contribution is 2.19. The van der Waals surface area contributed by atoms with E-state index in [0.29, 0.717) is 0 Å². The highest BCUT2D eigenvalue weighted by atomic mass is 127. The second-order valence-corrected chi connectivity index (χ2v) is 4.99. The van der Waals surface area contributed by atoms with Gasteiger partial charge < -0.3 is 0 Å². The van der Waals surface area contributed by atoms with Crippen LogP contribution in [0.3, 0.4) is 0 Å². The Morgan fingerprint density at radius 2 is 2.00 bits per heavy atom. The minimum absolute atomic E-state index is 0.999. The van der Waals surface area contributed by atoms with Crippen LogP contribution in [0.15, 0.2) is 52.1 Å². The molecule has 1 aromatic rings. The summed E-state index contributed by atoms with van der Waals surface area (Å²) in [5, 5.41) is 0. The molecule has 0 bridgehead atoms. The minimum Gasteiger partial charge on any atom is -0.0877 e. The van der Waals surface area contributed by atoms with E-state index in [1.54, 1.807) is 0 Å². The molecule has 1 heteroatoms. The van der Waals surface area contributed by atoms with Gasteiger partial charge in [-0.1, -0.05) is 48.6 Å². The third-order valence-electron chi connectivity index (χ3n) is 2.25. The van der Waals surface area contributed by atoms with E-state index in [4.69, 9.17) is 0 Å². The third-order valence-corrected chi connectivity index (χ3v) is 3.00. The number of hydrogen-bond acceptors (Lipinski definition) is 0. The Hall–Kier alpha value is -0.830. The topological polar surface area (TPSA) is 0 Å². The molecule has 84 valence electrons. The van der Waals surface area contributed by atoms with Gasteiger partial charge in [0.2, 0.25) is 0 Å². The average Bonchev–Trinajstić information content (AvgIpc) is 2.28. The van der Waals surface area contributed by atoms with Crippen molar-refractivity contribution < 1.29 is 0 Å². The molecule has 16 heavy (non-hydrogen) atoms. The van der Waals surface area contributed by atoms with Crippen LogP contribution in [0.1, 0.15) is 24.5 Å². The van der Waals surface area contributed by atoms with Gasteiger partial charge in [0.1, 0.15) is 0 Å². The molecule has 0 nitrogen and oxygen atoms in total. The molecule has 0 aliphatic rings. The quantitative estimate of drug-likeness (QED) is 0.521. The zero-order valence-electron chi connectivity index (χ0n) is 9.78. The van der Waals surface area contributed by atoms with Crippen molar-refractivity contribution in [1.29, 1.82) is 0 Å². The van der Waals surface area contributed by atoms with Crippen LogP contribution in [-0.4, -0.2) is 0 Å². The van der Waals surface area contributed by atoms with E-state index in [9.17, 15) is 0 Å². The lowest BCUT2D eigenvalue weighted by Crippen LogP contribution is -1.79. The Balaban J connectivity index is 2.66. The van der Waals surface area contributed by atoms with Gasteiger partial charge in [-0.3, -0.25) is 0 Å². The molecule has 0 aliphatic carbocycles. The maximum absolute atomic E-state index is 2.40. The van der Waals surface area contributed by atoms with Crippen molar-refractivity contribution in [3.63, 3.8) is 0 Å². The van der Waals surface area contributed by atoms with Crippen LogP contribution in [0.5, 0.6) is 0 Å². The Morgan fingerprint density at radius 1 is 1.25 bits per heavy atom. The van der Waals surface area contributed by atoms with Gasteiger partial charge in [0.15, 0.2) is 0 Å². The van der Waals surface area contributed by atoms with Gasteiger partial charge in [0, 0.05) is 0 Å². The Bertz CT molecular complexity index is 411. The second kappa shape index (κ2) is 7.44. The molecular weight excluding hydrogens is 307 g/mol. The number of hydrogen-bond donors (Lipinski definition) is 0. The summed E-state index contributed by atoms with van der Waals surface area (Å²) in [4.78, 5) is 0. The minimum atomic E-state index is 0.999. The molecule has 0 N–H and O–H groups in total. The van der Waals surface area contributed by atoms with Crippen molar-refractivity contribution in [2.75, 3.05) is 0 Å². The zero-order chi connectivity index (χ0) is 11.8. The largest absolute Gasteiger partial charge is 0.0877 e. The van der Waals surface area contributed by atoms with Crippen LogP contribution in [-0.2, 0) is 0 Å². The molecule has 0 aliphatic heterocycles. The Morgan fingerprint density at radius 3 is 2.69 bits per heavy atom. The highest BCUT2D eigenvalue weighted by molar-refractivity contribution is 14.1. The van der Waals surface area contributed by atoms with E-state index in [1.807, 2.05) is 13.0 Å². The van der Waals surface area contributed by atoms with E-state index in [-0.39, 0.29) is 0 Å². The summed E-state index contributed by atoms with van der Waals surface area (Å²) in [6.07, 6.45) is 11.6. The van der Waals surface area contributed by atoms with Crippen molar-refractivity contribution in [2.24, 2.45) is 0 Å². The van der Waals surface area contributed by atoms with Gasteiger partial charge in [-0.2, -0.15) is 0 Å². The standard InChI is InChI=1S/C15H17I/c1-3-4-5-6-11-15(16)12-14-10-8-7-9-13(14)2/h3-10,12H,11H2,1-2H3/b4-3-,6-5-,15-12+. The molecule has 0 saturated heterocycles. The molecule has 1 aromatic carbocycles. The summed E-state index contributed by atoms with van der Waals surface area (Å²) in [7, 11) is 0. The molecule has 0 unspecified atom stereocenters. The molecule has 0 aromatic heterocycles. The van der Waals surface area contributed by atoms with E-state index in [0.717, 1.165) is 6.42 Å². The molecule has 0 fully saturated rings. The number of aryl methyl sites for hydroxylation is 1. The van der Waals surface area contributed by atoms with Crippen LogP contribution in [0.25, 0.3) is 6.08 Å². The number of halogens is 1. The van der Waals surface area contributed by atoms with E-state index in [2.05, 4.69) is 78.1 Å². The van der Waals surface area contributed by atoms with Gasteiger partial charge >= 0.3 is 0 Å². The second-order valence-electron chi connectivity index (χ2n) is 3.61. The van der Waals surface area contributed by atoms with E-state index < -0.39 is 0 Å². The van der Waals surface area contributed by atoms with E-state index in [1.165, 1.54) is 14.7 Å². The van der Waals surface area contributed by atoms with Crippen molar-refractivity contribution in [3.8, 4) is 0 Å². The van der Waals surface area contributed by atoms with Gasteiger partial charge in [-0.05, 0) is 63.6 Å². The fourth-order valence-corrected chi connectivity index (χ4v) is 1.94. The summed E-state index contributed by atoms with van der Waals surface area (Å²) in [6, 6.07) is 8.46. The number of rotatable bonds is 4. The first-order valence-corrected chi connectivity index (χ1v) is 6.51. The number of benzene rings is 1. The first-order valence-electron chi connectivity index (χ1n) is 5.43. The van der Waals surface area contributed by atoms with Gasteiger partial charge in [-0.15, -0.1) is 0 Å². The maximum Gasteiger partial charge on any atom is -0.00358 e. The van der Waals surface area contributed by atoms with E-state index >= 15 is 0 Å². The summed E-state index contributed by atoms with van der Waals surface area (Å²) >= 11 is 2.40. The molecule has 0 heterocycles. The van der Waals surface area contributed by atoms with Crippen LogP contribution in [0.4, 0.5) is 0 Å². The number of allylic oxidation sites excluding steroid dienone is 5. The predicted octanol–water partition coefficient (Wildman–Crippen LogP) is 5.29. The zero-order valence-corrected chi connectivity index (χ0v) is 11.9. The average molecular weight is 324 g/mol. The lowest BCUT2D eigenvalue weighted by atomic mass is 10.1. The van der Waals surface area contributed by atoms with Crippen LogP contribution < -0.4 is 0 Å². The predicted molar refractivity (Wildman–Crippen MR) is 81.7 cm³/mol. The summed E-state index contributed by atoms with van der Waals surface area (Å²) in [5.74, 6) is 0. The third kappa shape index (κ3) is 4.79. The smallest absolute Gasteiger partial charge is 0.00358 e. The monoisotopic (exact) mass is 324 g/mol. The lowest BCUT2D eigenvalue weighted by molar-refractivity contribution is 1.38. The van der Waals surface area contributed by atoms with Crippen LogP contribution in [0, 0.1) is 6.92 Å². The van der Waals surface area contributed by atoms with Crippen LogP contribution >= 0.6 is 22.6 Å². The fraction of sp³-hybridized carbons (Fsp3) is 0.200.